The van der Waals surface area contributed by atoms with Gasteiger partial charge in [0, 0.05) is 9.13 Å². The summed E-state index contributed by atoms with van der Waals surface area (Å²) in [5.41, 5.74) is 2.47. The van der Waals surface area contributed by atoms with Gasteiger partial charge in [0.15, 0.2) is 0 Å². The van der Waals surface area contributed by atoms with Crippen LogP contribution in [-0.2, 0) is 0 Å². The van der Waals surface area contributed by atoms with E-state index >= 15 is 0 Å². The molecule has 0 spiro atoms. The van der Waals surface area contributed by atoms with Crippen LogP contribution in [-0.4, -0.2) is 6.54 Å². The Hall–Kier alpha value is -1.01. The van der Waals surface area contributed by atoms with Gasteiger partial charge < -0.3 is 5.32 Å². The third-order valence-corrected chi connectivity index (χ3v) is 4.87. The lowest BCUT2D eigenvalue weighted by Crippen LogP contribution is -2.25. The number of rotatable bonds is 5. The second-order valence-corrected chi connectivity index (χ2v) is 6.11. The van der Waals surface area contributed by atoms with Crippen LogP contribution in [0.2, 0.25) is 0 Å². The van der Waals surface area contributed by atoms with Crippen LogP contribution < -0.4 is 5.32 Å². The number of benzene rings is 2. The summed E-state index contributed by atoms with van der Waals surface area (Å²) in [4.78, 5) is 0. The van der Waals surface area contributed by atoms with Crippen molar-refractivity contribution in [2.75, 3.05) is 6.54 Å². The fourth-order valence-electron chi connectivity index (χ4n) is 2.31. The maximum Gasteiger partial charge on any atom is 0.128 e. The molecule has 0 saturated heterocycles. The Kier molecular flexibility index (Phi) is 5.70. The average molecular weight is 401 g/mol. The zero-order valence-corrected chi connectivity index (χ0v) is 14.2. The van der Waals surface area contributed by atoms with Crippen LogP contribution in [0.15, 0.2) is 36.4 Å². The van der Waals surface area contributed by atoms with Gasteiger partial charge in [-0.1, -0.05) is 25.1 Å². The number of halogens is 3. The summed E-state index contributed by atoms with van der Waals surface area (Å²) in [6.07, 6.45) is 0.926. The molecule has 0 aliphatic heterocycles. The van der Waals surface area contributed by atoms with Gasteiger partial charge in [0.2, 0.25) is 0 Å². The van der Waals surface area contributed by atoms with E-state index in [4.69, 9.17) is 0 Å². The minimum atomic E-state index is -0.419. The Morgan fingerprint density at radius 1 is 1.14 bits per heavy atom. The molecule has 0 heterocycles. The first-order valence-corrected chi connectivity index (χ1v) is 8.05. The molecular formula is C17H18F2IN. The summed E-state index contributed by atoms with van der Waals surface area (Å²) < 4.78 is 28.8. The van der Waals surface area contributed by atoms with Crippen LogP contribution in [0.4, 0.5) is 8.78 Å². The number of hydrogen-bond donors (Lipinski definition) is 1. The molecule has 1 unspecified atom stereocenters. The average Bonchev–Trinajstić information content (AvgIpc) is 2.47. The summed E-state index contributed by atoms with van der Waals surface area (Å²) >= 11 is 2.26. The predicted octanol–water partition coefficient (Wildman–Crippen LogP) is 4.97. The minimum absolute atomic E-state index is 0.340. The molecule has 0 aliphatic carbocycles. The first-order chi connectivity index (χ1) is 10.0. The topological polar surface area (TPSA) is 12.0 Å². The van der Waals surface area contributed by atoms with Crippen molar-refractivity contribution >= 4 is 22.6 Å². The van der Waals surface area contributed by atoms with E-state index < -0.39 is 5.82 Å². The molecule has 21 heavy (non-hydrogen) atoms. The van der Waals surface area contributed by atoms with E-state index in [1.807, 2.05) is 32.0 Å². The van der Waals surface area contributed by atoms with Gasteiger partial charge in [-0.3, -0.25) is 0 Å². The first kappa shape index (κ1) is 16.4. The van der Waals surface area contributed by atoms with E-state index in [0.717, 1.165) is 33.7 Å². The first-order valence-electron chi connectivity index (χ1n) is 6.98. The number of aryl methyl sites for hydroxylation is 1. The molecule has 1 atom stereocenters. The van der Waals surface area contributed by atoms with Crippen LogP contribution in [0.5, 0.6) is 0 Å². The number of nitrogens with one attached hydrogen (secondary N) is 1. The molecule has 0 aromatic heterocycles. The van der Waals surface area contributed by atoms with Crippen LogP contribution in [0, 0.1) is 22.1 Å². The van der Waals surface area contributed by atoms with E-state index in [1.54, 1.807) is 0 Å². The van der Waals surface area contributed by atoms with Gasteiger partial charge in [-0.15, -0.1) is 0 Å². The van der Waals surface area contributed by atoms with E-state index in [9.17, 15) is 8.78 Å². The summed E-state index contributed by atoms with van der Waals surface area (Å²) in [7, 11) is 0. The lowest BCUT2D eigenvalue weighted by atomic mass is 9.96. The fourth-order valence-corrected chi connectivity index (χ4v) is 2.98. The molecule has 1 N–H and O–H groups in total. The Balaban J connectivity index is 2.52. The molecule has 0 fully saturated rings. The largest absolute Gasteiger partial charge is 0.306 e. The van der Waals surface area contributed by atoms with Crippen LogP contribution in [0.25, 0.3) is 0 Å². The SMILES string of the molecule is CCCNC(c1cc(F)ccc1F)c1cccc(C)c1I. The van der Waals surface area contributed by atoms with Gasteiger partial charge in [0.25, 0.3) is 0 Å². The summed E-state index contributed by atoms with van der Waals surface area (Å²) in [5, 5.41) is 3.33. The smallest absolute Gasteiger partial charge is 0.128 e. The fraction of sp³-hybridized carbons (Fsp3) is 0.294. The zero-order chi connectivity index (χ0) is 15.4. The van der Waals surface area contributed by atoms with E-state index in [1.165, 1.54) is 12.1 Å². The molecule has 0 saturated carbocycles. The predicted molar refractivity (Wildman–Crippen MR) is 90.4 cm³/mol. The van der Waals surface area contributed by atoms with Crippen LogP contribution in [0.1, 0.15) is 36.1 Å². The van der Waals surface area contributed by atoms with Crippen molar-refractivity contribution in [2.45, 2.75) is 26.3 Å². The molecule has 0 bridgehead atoms. The molecule has 1 nitrogen and oxygen atoms in total. The van der Waals surface area contributed by atoms with Gasteiger partial charge in [-0.05, 0) is 71.8 Å². The molecule has 0 amide bonds. The van der Waals surface area contributed by atoms with Crippen molar-refractivity contribution in [2.24, 2.45) is 0 Å². The second kappa shape index (κ2) is 7.31. The van der Waals surface area contributed by atoms with Crippen molar-refractivity contribution in [1.82, 2.24) is 5.32 Å². The lowest BCUT2D eigenvalue weighted by Gasteiger charge is -2.22. The molecule has 2 rings (SSSR count). The molecule has 112 valence electrons. The van der Waals surface area contributed by atoms with Crippen molar-refractivity contribution in [3.63, 3.8) is 0 Å². The Morgan fingerprint density at radius 3 is 2.62 bits per heavy atom. The van der Waals surface area contributed by atoms with E-state index in [2.05, 4.69) is 27.9 Å². The van der Waals surface area contributed by atoms with E-state index in [0.29, 0.717) is 5.56 Å². The van der Waals surface area contributed by atoms with Crippen molar-refractivity contribution in [3.05, 3.63) is 68.3 Å². The van der Waals surface area contributed by atoms with Gasteiger partial charge >= 0.3 is 0 Å². The molecule has 2 aromatic carbocycles. The monoisotopic (exact) mass is 401 g/mol. The molecule has 4 heteroatoms. The quantitative estimate of drug-likeness (QED) is 0.698. The van der Waals surface area contributed by atoms with Crippen molar-refractivity contribution in [3.8, 4) is 0 Å². The van der Waals surface area contributed by atoms with Gasteiger partial charge in [0.05, 0.1) is 6.04 Å². The Labute approximate surface area is 137 Å². The summed E-state index contributed by atoms with van der Waals surface area (Å²) in [6.45, 7) is 4.81. The minimum Gasteiger partial charge on any atom is -0.306 e. The van der Waals surface area contributed by atoms with Crippen LogP contribution in [0.3, 0.4) is 0 Å². The van der Waals surface area contributed by atoms with Gasteiger partial charge in [0.1, 0.15) is 11.6 Å². The molecule has 0 radical (unpaired) electrons. The van der Waals surface area contributed by atoms with Gasteiger partial charge in [-0.25, -0.2) is 8.78 Å². The molecule has 0 aliphatic rings. The molecule has 2 aromatic rings. The zero-order valence-electron chi connectivity index (χ0n) is 12.1. The highest BCUT2D eigenvalue weighted by molar-refractivity contribution is 14.1. The Morgan fingerprint density at radius 2 is 1.90 bits per heavy atom. The maximum absolute atomic E-state index is 14.2. The summed E-state index contributed by atoms with van der Waals surface area (Å²) in [5.74, 6) is -0.806. The third-order valence-electron chi connectivity index (χ3n) is 3.40. The highest BCUT2D eigenvalue weighted by Crippen LogP contribution is 2.30. The summed E-state index contributed by atoms with van der Waals surface area (Å²) in [6, 6.07) is 9.21. The number of hydrogen-bond acceptors (Lipinski definition) is 1. The Bertz CT molecular complexity index is 626. The van der Waals surface area contributed by atoms with Gasteiger partial charge in [-0.2, -0.15) is 0 Å². The molecular weight excluding hydrogens is 383 g/mol. The highest BCUT2D eigenvalue weighted by atomic mass is 127. The highest BCUT2D eigenvalue weighted by Gasteiger charge is 2.20. The maximum atomic E-state index is 14.2. The second-order valence-electron chi connectivity index (χ2n) is 5.03. The lowest BCUT2D eigenvalue weighted by molar-refractivity contribution is 0.534. The normalized spacial score (nSPS) is 12.4. The van der Waals surface area contributed by atoms with Crippen molar-refractivity contribution < 1.29 is 8.78 Å². The third kappa shape index (κ3) is 3.80. The van der Waals surface area contributed by atoms with Crippen LogP contribution >= 0.6 is 22.6 Å². The van der Waals surface area contributed by atoms with Crippen molar-refractivity contribution in [1.29, 1.82) is 0 Å². The van der Waals surface area contributed by atoms with E-state index in [-0.39, 0.29) is 11.9 Å². The standard InChI is InChI=1S/C17H18F2IN/c1-3-9-21-17(13-6-4-5-11(2)16(13)20)14-10-12(18)7-8-15(14)19/h4-8,10,17,21H,3,9H2,1-2H3.